The first kappa shape index (κ1) is 18.6. The summed E-state index contributed by atoms with van der Waals surface area (Å²) in [5.41, 5.74) is 3.61. The van der Waals surface area contributed by atoms with E-state index in [1.165, 1.54) is 11.1 Å². The molecule has 0 fully saturated rings. The summed E-state index contributed by atoms with van der Waals surface area (Å²) in [4.78, 5) is 12.2. The quantitative estimate of drug-likeness (QED) is 0.598. The van der Waals surface area contributed by atoms with Gasteiger partial charge in [0.05, 0.1) is 11.3 Å². The third-order valence-electron chi connectivity index (χ3n) is 4.56. The van der Waals surface area contributed by atoms with Crippen molar-refractivity contribution in [2.45, 2.75) is 43.9 Å². The molecule has 0 amide bonds. The molecule has 0 saturated carbocycles. The van der Waals surface area contributed by atoms with E-state index in [4.69, 9.17) is 4.74 Å². The zero-order valence-electron chi connectivity index (χ0n) is 14.8. The van der Waals surface area contributed by atoms with Gasteiger partial charge in [-0.3, -0.25) is 4.79 Å². The first-order valence-corrected chi connectivity index (χ1v) is 10.4. The Balaban J connectivity index is 1.51. The molecule has 0 saturated heterocycles. The summed E-state index contributed by atoms with van der Waals surface area (Å²) in [5, 5.41) is 0. The summed E-state index contributed by atoms with van der Waals surface area (Å²) in [6.45, 7) is 2.01. The Morgan fingerprint density at radius 1 is 1.08 bits per heavy atom. The summed E-state index contributed by atoms with van der Waals surface area (Å²) in [5.74, 6) is 0.0700. The molecule has 0 radical (unpaired) electrons. The predicted octanol–water partition coefficient (Wildman–Crippen LogP) is 3.01. The molecule has 1 aliphatic rings. The van der Waals surface area contributed by atoms with Gasteiger partial charge in [0.2, 0.25) is 10.0 Å². The van der Waals surface area contributed by atoms with Crippen molar-refractivity contribution in [2.24, 2.45) is 0 Å². The topological polar surface area (TPSA) is 72.5 Å². The molecule has 0 spiro atoms. The minimum absolute atomic E-state index is 0.00162. The number of nitrogens with one attached hydrogen (secondary N) is 1. The van der Waals surface area contributed by atoms with Crippen molar-refractivity contribution >= 4 is 16.0 Å². The van der Waals surface area contributed by atoms with Gasteiger partial charge >= 0.3 is 5.97 Å². The highest BCUT2D eigenvalue weighted by Gasteiger charge is 2.16. The lowest BCUT2D eigenvalue weighted by Gasteiger charge is -2.08. The van der Waals surface area contributed by atoms with Crippen LogP contribution in [0.1, 0.15) is 36.5 Å². The maximum Gasteiger partial charge on any atom is 0.312 e. The number of hydrogen-bond donors (Lipinski definition) is 1. The fourth-order valence-electron chi connectivity index (χ4n) is 3.07. The fraction of sp³-hybridized carbons (Fsp3) is 0.350. The number of fused-ring (bicyclic) bond motifs is 1. The third-order valence-corrected chi connectivity index (χ3v) is 6.04. The average molecular weight is 373 g/mol. The van der Waals surface area contributed by atoms with Gasteiger partial charge in [0.25, 0.3) is 0 Å². The van der Waals surface area contributed by atoms with Crippen molar-refractivity contribution in [3.8, 4) is 5.75 Å². The van der Waals surface area contributed by atoms with Crippen LogP contribution in [0.3, 0.4) is 0 Å². The zero-order valence-corrected chi connectivity index (χ0v) is 15.6. The van der Waals surface area contributed by atoms with Gasteiger partial charge < -0.3 is 4.74 Å². The summed E-state index contributed by atoms with van der Waals surface area (Å²) < 4.78 is 32.2. The number of benzene rings is 2. The second-order valence-corrected chi connectivity index (χ2v) is 8.17. The number of esters is 1. The van der Waals surface area contributed by atoms with Gasteiger partial charge in [0.15, 0.2) is 0 Å². The minimum Gasteiger partial charge on any atom is -0.426 e. The number of ether oxygens (including phenoxy) is 1. The van der Waals surface area contributed by atoms with Gasteiger partial charge in [-0.1, -0.05) is 25.1 Å². The first-order chi connectivity index (χ1) is 12.5. The van der Waals surface area contributed by atoms with Gasteiger partial charge in [0, 0.05) is 6.54 Å². The van der Waals surface area contributed by atoms with E-state index in [-0.39, 0.29) is 17.9 Å². The van der Waals surface area contributed by atoms with Gasteiger partial charge in [-0.05, 0) is 66.6 Å². The lowest BCUT2D eigenvalue weighted by atomic mass is 10.1. The summed E-state index contributed by atoms with van der Waals surface area (Å²) >= 11 is 0. The van der Waals surface area contributed by atoms with Crippen LogP contribution in [0.25, 0.3) is 0 Å². The van der Waals surface area contributed by atoms with E-state index in [2.05, 4.69) is 4.72 Å². The standard InChI is InChI=1S/C20H23NO4S/c1-2-15-6-10-19(11-7-15)26(23,24)21-13-12-20(22)25-18-9-8-16-4-3-5-17(16)14-18/h6-11,14,21H,2-5,12-13H2,1H3. The minimum atomic E-state index is -3.62. The van der Waals surface area contributed by atoms with E-state index in [1.54, 1.807) is 30.3 Å². The second-order valence-electron chi connectivity index (χ2n) is 6.40. The van der Waals surface area contributed by atoms with Crippen LogP contribution < -0.4 is 9.46 Å². The van der Waals surface area contributed by atoms with Crippen molar-refractivity contribution in [1.29, 1.82) is 0 Å². The van der Waals surface area contributed by atoms with Crippen molar-refractivity contribution < 1.29 is 17.9 Å². The van der Waals surface area contributed by atoms with Crippen LogP contribution in [0.15, 0.2) is 47.4 Å². The predicted molar refractivity (Wildman–Crippen MR) is 99.7 cm³/mol. The van der Waals surface area contributed by atoms with E-state index in [0.29, 0.717) is 5.75 Å². The third kappa shape index (κ3) is 4.51. The van der Waals surface area contributed by atoms with Gasteiger partial charge in [-0.2, -0.15) is 0 Å². The normalized spacial score (nSPS) is 13.4. The maximum atomic E-state index is 12.2. The molecule has 3 rings (SSSR count). The van der Waals surface area contributed by atoms with E-state index in [0.717, 1.165) is 31.2 Å². The van der Waals surface area contributed by atoms with Crippen LogP contribution in [0.2, 0.25) is 0 Å². The van der Waals surface area contributed by atoms with Crippen molar-refractivity contribution in [3.05, 3.63) is 59.2 Å². The Morgan fingerprint density at radius 3 is 2.54 bits per heavy atom. The Bertz CT molecular complexity index is 889. The van der Waals surface area contributed by atoms with Crippen LogP contribution in [0.5, 0.6) is 5.75 Å². The van der Waals surface area contributed by atoms with Gasteiger partial charge in [-0.15, -0.1) is 0 Å². The number of aryl methyl sites for hydroxylation is 3. The molecule has 26 heavy (non-hydrogen) atoms. The molecule has 0 aromatic heterocycles. The fourth-order valence-corrected chi connectivity index (χ4v) is 4.10. The monoisotopic (exact) mass is 373 g/mol. The molecular weight excluding hydrogens is 350 g/mol. The number of sulfonamides is 1. The second kappa shape index (κ2) is 8.01. The Labute approximate surface area is 154 Å². The Hall–Kier alpha value is -2.18. The van der Waals surface area contributed by atoms with E-state index < -0.39 is 16.0 Å². The molecule has 0 atom stereocenters. The van der Waals surface area contributed by atoms with Crippen LogP contribution >= 0.6 is 0 Å². The highest BCUT2D eigenvalue weighted by molar-refractivity contribution is 7.89. The molecule has 0 unspecified atom stereocenters. The molecule has 1 aliphatic carbocycles. The molecule has 0 aliphatic heterocycles. The Morgan fingerprint density at radius 2 is 1.81 bits per heavy atom. The van der Waals surface area contributed by atoms with Crippen LogP contribution in [0.4, 0.5) is 0 Å². The number of carbonyl (C=O) groups is 1. The van der Waals surface area contributed by atoms with Crippen molar-refractivity contribution in [3.63, 3.8) is 0 Å². The molecular formula is C20H23NO4S. The van der Waals surface area contributed by atoms with Gasteiger partial charge in [0.1, 0.15) is 5.75 Å². The molecule has 138 valence electrons. The average Bonchev–Trinajstić information content (AvgIpc) is 3.09. The van der Waals surface area contributed by atoms with E-state index >= 15 is 0 Å². The number of hydrogen-bond acceptors (Lipinski definition) is 4. The van der Waals surface area contributed by atoms with Crippen molar-refractivity contribution in [1.82, 2.24) is 4.72 Å². The molecule has 2 aromatic rings. The van der Waals surface area contributed by atoms with Crippen LogP contribution in [-0.2, 0) is 34.1 Å². The van der Waals surface area contributed by atoms with E-state index in [9.17, 15) is 13.2 Å². The van der Waals surface area contributed by atoms with E-state index in [1.807, 2.05) is 19.1 Å². The SMILES string of the molecule is CCc1ccc(S(=O)(=O)NCCC(=O)Oc2ccc3c(c2)CCC3)cc1. The zero-order chi connectivity index (χ0) is 18.6. The molecule has 0 heterocycles. The molecule has 6 heteroatoms. The molecule has 2 aromatic carbocycles. The first-order valence-electron chi connectivity index (χ1n) is 8.89. The summed E-state index contributed by atoms with van der Waals surface area (Å²) in [7, 11) is -3.62. The molecule has 0 bridgehead atoms. The smallest absolute Gasteiger partial charge is 0.312 e. The highest BCUT2D eigenvalue weighted by atomic mass is 32.2. The largest absolute Gasteiger partial charge is 0.426 e. The number of carbonyl (C=O) groups excluding carboxylic acids is 1. The lowest BCUT2D eigenvalue weighted by Crippen LogP contribution is -2.27. The van der Waals surface area contributed by atoms with Crippen LogP contribution in [-0.4, -0.2) is 20.9 Å². The highest BCUT2D eigenvalue weighted by Crippen LogP contribution is 2.26. The van der Waals surface area contributed by atoms with Crippen LogP contribution in [0, 0.1) is 0 Å². The van der Waals surface area contributed by atoms with Gasteiger partial charge in [-0.25, -0.2) is 13.1 Å². The maximum absolute atomic E-state index is 12.2. The Kier molecular flexibility index (Phi) is 5.74. The molecule has 5 nitrogen and oxygen atoms in total. The summed E-state index contributed by atoms with van der Waals surface area (Å²) in [6, 6.07) is 12.4. The summed E-state index contributed by atoms with van der Waals surface area (Å²) in [6.07, 6.45) is 4.04. The number of rotatable bonds is 7. The van der Waals surface area contributed by atoms with Crippen molar-refractivity contribution in [2.75, 3.05) is 6.54 Å². The lowest BCUT2D eigenvalue weighted by molar-refractivity contribution is -0.134. The molecule has 1 N–H and O–H groups in total.